The van der Waals surface area contributed by atoms with E-state index in [0.717, 1.165) is 59.4 Å². The van der Waals surface area contributed by atoms with Crippen LogP contribution in [0, 0.1) is 5.92 Å². The van der Waals surface area contributed by atoms with Crippen LogP contribution in [0.2, 0.25) is 0 Å². The highest BCUT2D eigenvalue weighted by molar-refractivity contribution is 7.18. The van der Waals surface area contributed by atoms with Crippen molar-refractivity contribution in [3.63, 3.8) is 0 Å². The first-order valence-electron chi connectivity index (χ1n) is 14.9. The van der Waals surface area contributed by atoms with Crippen LogP contribution in [0.3, 0.4) is 0 Å². The highest BCUT2D eigenvalue weighted by Crippen LogP contribution is 2.28. The Bertz CT molecular complexity index is 1220. The lowest BCUT2D eigenvalue weighted by Crippen LogP contribution is -2.55. The zero-order valence-corrected chi connectivity index (χ0v) is 25.2. The molecular weight excluding hydrogens is 522 g/mol. The van der Waals surface area contributed by atoms with Gasteiger partial charge in [-0.2, -0.15) is 0 Å². The van der Waals surface area contributed by atoms with E-state index in [0.29, 0.717) is 37.8 Å². The number of hydrogen-bond acceptors (Lipinski definition) is 6. The molecule has 2 atom stereocenters. The molecule has 1 aliphatic carbocycles. The maximum atomic E-state index is 13.7. The minimum absolute atomic E-state index is 0.0623. The van der Waals surface area contributed by atoms with Crippen molar-refractivity contribution in [1.29, 1.82) is 0 Å². The molecule has 1 aliphatic heterocycles. The molecule has 2 aromatic rings. The molecule has 0 bridgehead atoms. The summed E-state index contributed by atoms with van der Waals surface area (Å²) < 4.78 is 1.09. The molecule has 0 spiro atoms. The lowest BCUT2D eigenvalue weighted by Gasteiger charge is -2.32. The van der Waals surface area contributed by atoms with Gasteiger partial charge in [-0.25, -0.2) is 4.98 Å². The van der Waals surface area contributed by atoms with Gasteiger partial charge in [0.1, 0.15) is 6.04 Å². The van der Waals surface area contributed by atoms with Crippen LogP contribution < -0.4 is 16.0 Å². The van der Waals surface area contributed by atoms with Crippen molar-refractivity contribution in [3.05, 3.63) is 40.4 Å². The highest BCUT2D eigenvalue weighted by atomic mass is 32.1. The fourth-order valence-corrected chi connectivity index (χ4v) is 6.71. The van der Waals surface area contributed by atoms with Crippen LogP contribution in [-0.4, -0.2) is 66.4 Å². The summed E-state index contributed by atoms with van der Waals surface area (Å²) in [7, 11) is 2.02. The zero-order chi connectivity index (χ0) is 28.6. The fourth-order valence-electron chi connectivity index (χ4n) is 5.65. The number of carbonyl (C=O) groups excluding carboxylic acids is 3. The van der Waals surface area contributed by atoms with Crippen LogP contribution in [0.4, 0.5) is 0 Å². The van der Waals surface area contributed by atoms with Gasteiger partial charge < -0.3 is 20.9 Å². The topological polar surface area (TPSA) is 103 Å². The molecule has 3 amide bonds. The SMILES string of the molecule is CCC(=O)N[C@@H](Cc1nc2ccc(C(C)C)cc2s1)C(=O)NC(CNC(=O)C1=CCCN(C)C1)C1CCCCC1. The summed E-state index contributed by atoms with van der Waals surface area (Å²) in [6.07, 6.45) is 9.01. The quantitative estimate of drug-likeness (QED) is 0.376. The molecule has 218 valence electrons. The maximum Gasteiger partial charge on any atom is 0.248 e. The molecular formula is C31H45N5O3S. The first kappa shape index (κ1) is 30.2. The number of aromatic nitrogens is 1. The minimum atomic E-state index is -0.728. The molecule has 8 nitrogen and oxygen atoms in total. The van der Waals surface area contributed by atoms with E-state index in [9.17, 15) is 14.4 Å². The van der Waals surface area contributed by atoms with E-state index in [1.807, 2.05) is 19.2 Å². The fraction of sp³-hybridized carbons (Fsp3) is 0.613. The molecule has 1 aromatic carbocycles. The third-order valence-corrected chi connectivity index (χ3v) is 9.18. The number of nitrogens with zero attached hydrogens (tertiary/aromatic N) is 2. The second kappa shape index (κ2) is 14.2. The molecule has 1 saturated carbocycles. The van der Waals surface area contributed by atoms with E-state index in [2.05, 4.69) is 46.8 Å². The largest absolute Gasteiger partial charge is 0.350 e. The van der Waals surface area contributed by atoms with Gasteiger partial charge in [0.05, 0.1) is 15.2 Å². The average molecular weight is 568 g/mol. The Balaban J connectivity index is 1.48. The Labute approximate surface area is 242 Å². The van der Waals surface area contributed by atoms with E-state index in [1.54, 1.807) is 18.3 Å². The highest BCUT2D eigenvalue weighted by Gasteiger charge is 2.30. The lowest BCUT2D eigenvalue weighted by atomic mass is 9.83. The van der Waals surface area contributed by atoms with Crippen molar-refractivity contribution >= 4 is 39.3 Å². The number of benzene rings is 1. The van der Waals surface area contributed by atoms with Crippen LogP contribution in [0.15, 0.2) is 29.8 Å². The van der Waals surface area contributed by atoms with Gasteiger partial charge in [0.15, 0.2) is 0 Å². The lowest BCUT2D eigenvalue weighted by molar-refractivity contribution is -0.129. The molecule has 1 aromatic heterocycles. The second-order valence-corrected chi connectivity index (χ2v) is 12.8. The summed E-state index contributed by atoms with van der Waals surface area (Å²) >= 11 is 1.58. The first-order chi connectivity index (χ1) is 19.2. The number of rotatable bonds is 11. The molecule has 9 heteroatoms. The number of amides is 3. The van der Waals surface area contributed by atoms with E-state index >= 15 is 0 Å². The van der Waals surface area contributed by atoms with E-state index in [-0.39, 0.29) is 23.8 Å². The van der Waals surface area contributed by atoms with Crippen molar-refractivity contribution in [1.82, 2.24) is 25.8 Å². The Morgan fingerprint density at radius 2 is 1.90 bits per heavy atom. The first-order valence-corrected chi connectivity index (χ1v) is 15.7. The Morgan fingerprint density at radius 1 is 1.12 bits per heavy atom. The predicted octanol–water partition coefficient (Wildman–Crippen LogP) is 4.30. The second-order valence-electron chi connectivity index (χ2n) is 11.6. The molecule has 40 heavy (non-hydrogen) atoms. The van der Waals surface area contributed by atoms with Gasteiger partial charge in [-0.05, 0) is 55.8 Å². The van der Waals surface area contributed by atoms with Gasteiger partial charge in [-0.15, -0.1) is 11.3 Å². The normalized spacial score (nSPS) is 18.3. The molecule has 0 radical (unpaired) electrons. The van der Waals surface area contributed by atoms with E-state index < -0.39 is 6.04 Å². The van der Waals surface area contributed by atoms with E-state index in [4.69, 9.17) is 4.98 Å². The van der Waals surface area contributed by atoms with Crippen molar-refractivity contribution in [3.8, 4) is 0 Å². The number of nitrogens with one attached hydrogen (secondary N) is 3. The van der Waals surface area contributed by atoms with Gasteiger partial charge in [-0.3, -0.25) is 14.4 Å². The number of carbonyl (C=O) groups is 3. The zero-order valence-electron chi connectivity index (χ0n) is 24.4. The van der Waals surface area contributed by atoms with Crippen LogP contribution in [0.5, 0.6) is 0 Å². The van der Waals surface area contributed by atoms with Crippen molar-refractivity contribution < 1.29 is 14.4 Å². The molecule has 2 heterocycles. The van der Waals surface area contributed by atoms with Crippen molar-refractivity contribution in [2.45, 2.75) is 90.1 Å². The molecule has 2 aliphatic rings. The summed E-state index contributed by atoms with van der Waals surface area (Å²) in [5.41, 5.74) is 2.95. The Kier molecular flexibility index (Phi) is 10.7. The summed E-state index contributed by atoms with van der Waals surface area (Å²) in [6, 6.07) is 5.38. The Morgan fingerprint density at radius 3 is 2.60 bits per heavy atom. The molecule has 3 N–H and O–H groups in total. The minimum Gasteiger partial charge on any atom is -0.350 e. The van der Waals surface area contributed by atoms with E-state index in [1.165, 1.54) is 12.0 Å². The predicted molar refractivity (Wildman–Crippen MR) is 161 cm³/mol. The van der Waals surface area contributed by atoms with Gasteiger partial charge in [0.2, 0.25) is 17.7 Å². The van der Waals surface area contributed by atoms with Gasteiger partial charge in [0.25, 0.3) is 0 Å². The molecule has 1 fully saturated rings. The monoisotopic (exact) mass is 567 g/mol. The van der Waals surface area contributed by atoms with Crippen LogP contribution in [0.1, 0.15) is 82.2 Å². The summed E-state index contributed by atoms with van der Waals surface area (Å²) in [5, 5.41) is 10.1. The van der Waals surface area contributed by atoms with Crippen LogP contribution in [0.25, 0.3) is 10.2 Å². The maximum absolute atomic E-state index is 13.7. The third kappa shape index (κ3) is 8.13. The van der Waals surface area contributed by atoms with Gasteiger partial charge in [0, 0.05) is 44.1 Å². The standard InChI is InChI=1S/C31H45N5O3S/c1-5-28(37)33-25(17-29-34-24-14-13-22(20(2)3)16-27(24)40-29)31(39)35-26(21-10-7-6-8-11-21)18-32-30(38)23-12-9-15-36(4)19-23/h12-14,16,20-21,25-26H,5-11,15,17-19H2,1-4H3,(H,32,38)(H,33,37)(H,35,39)/t25-,26?/m0/s1. The summed E-state index contributed by atoms with van der Waals surface area (Å²) in [4.78, 5) is 46.0. The summed E-state index contributed by atoms with van der Waals surface area (Å²) in [6.45, 7) is 8.09. The smallest absolute Gasteiger partial charge is 0.248 e. The van der Waals surface area contributed by atoms with Gasteiger partial charge in [-0.1, -0.05) is 52.2 Å². The number of likely N-dealkylation sites (N-methyl/N-ethyl adjacent to an activating group) is 1. The van der Waals surface area contributed by atoms with Gasteiger partial charge >= 0.3 is 0 Å². The third-order valence-electron chi connectivity index (χ3n) is 8.14. The molecule has 0 saturated heterocycles. The number of hydrogen-bond donors (Lipinski definition) is 3. The Hall–Kier alpha value is -2.78. The number of fused-ring (bicyclic) bond motifs is 1. The van der Waals surface area contributed by atoms with Crippen molar-refractivity contribution in [2.24, 2.45) is 5.92 Å². The average Bonchev–Trinajstić information content (AvgIpc) is 3.36. The van der Waals surface area contributed by atoms with Crippen molar-refractivity contribution in [2.75, 3.05) is 26.7 Å². The van der Waals surface area contributed by atoms with Crippen LogP contribution >= 0.6 is 11.3 Å². The van der Waals surface area contributed by atoms with Crippen LogP contribution in [-0.2, 0) is 20.8 Å². The molecule has 1 unspecified atom stereocenters. The molecule has 4 rings (SSSR count). The number of thiazole rings is 1. The summed E-state index contributed by atoms with van der Waals surface area (Å²) in [5.74, 6) is 0.266.